The number of aryl methyl sites for hydroxylation is 1. The number of rotatable bonds is 3. The summed E-state index contributed by atoms with van der Waals surface area (Å²) in [5.41, 5.74) is 1.74. The van der Waals surface area contributed by atoms with Crippen molar-refractivity contribution < 1.29 is 14.6 Å². The maximum absolute atomic E-state index is 13.0. The second-order valence-corrected chi connectivity index (χ2v) is 6.61. The molecule has 1 aliphatic rings. The number of carbonyl (C=O) groups is 1. The number of aromatic hydroxyl groups is 1. The first-order chi connectivity index (χ1) is 13.9. The first kappa shape index (κ1) is 18.4. The lowest BCUT2D eigenvalue weighted by molar-refractivity contribution is -0.113. The zero-order valence-electron chi connectivity index (χ0n) is 16.1. The maximum Gasteiger partial charge on any atom is 0.282 e. The number of carbonyl (C=O) groups excluding carboxylic acids is 1. The number of aromatic nitrogens is 2. The van der Waals surface area contributed by atoms with Gasteiger partial charge in [-0.3, -0.25) is 14.5 Å². The molecule has 2 heterocycles. The van der Waals surface area contributed by atoms with E-state index in [2.05, 4.69) is 15.0 Å². The Morgan fingerprint density at radius 3 is 2.69 bits per heavy atom. The van der Waals surface area contributed by atoms with Gasteiger partial charge < -0.3 is 14.8 Å². The third-order valence-electron chi connectivity index (χ3n) is 4.60. The van der Waals surface area contributed by atoms with Crippen molar-refractivity contribution in [3.63, 3.8) is 0 Å². The molecule has 146 valence electrons. The number of phenols is 1. The van der Waals surface area contributed by atoms with E-state index in [1.54, 1.807) is 50.3 Å². The summed E-state index contributed by atoms with van der Waals surface area (Å²) in [5, 5.41) is 10.1. The Hall–Kier alpha value is -3.94. The van der Waals surface area contributed by atoms with Crippen LogP contribution in [0.2, 0.25) is 0 Å². The molecule has 1 aromatic heterocycles. The van der Waals surface area contributed by atoms with E-state index >= 15 is 0 Å². The van der Waals surface area contributed by atoms with Crippen molar-refractivity contribution in [3.8, 4) is 11.5 Å². The maximum atomic E-state index is 13.0. The molecule has 8 heteroatoms. The summed E-state index contributed by atoms with van der Waals surface area (Å²) in [4.78, 5) is 38.0. The molecule has 0 radical (unpaired) electrons. The molecule has 0 spiro atoms. The summed E-state index contributed by atoms with van der Waals surface area (Å²) in [6.07, 6.45) is 1.62. The van der Waals surface area contributed by atoms with Crippen molar-refractivity contribution in [3.05, 3.63) is 63.8 Å². The van der Waals surface area contributed by atoms with Crippen LogP contribution < -0.4 is 15.2 Å². The van der Waals surface area contributed by atoms with Crippen LogP contribution in [0.4, 0.5) is 5.69 Å². The zero-order chi connectivity index (χ0) is 20.7. The van der Waals surface area contributed by atoms with Gasteiger partial charge in [0, 0.05) is 0 Å². The van der Waals surface area contributed by atoms with Crippen molar-refractivity contribution in [2.45, 2.75) is 13.8 Å². The van der Waals surface area contributed by atoms with Crippen LogP contribution in [0, 0.1) is 6.92 Å². The SMILES string of the molecule is COc1cc(/C=C2/N=C(C)N(c3ccc4nc(C)[nH]c(=O)c4c3)C2=O)ccc1O. The predicted octanol–water partition coefficient (Wildman–Crippen LogP) is 2.75. The van der Waals surface area contributed by atoms with Crippen molar-refractivity contribution >= 4 is 34.4 Å². The van der Waals surface area contributed by atoms with Crippen LogP contribution >= 0.6 is 0 Å². The molecule has 0 atom stereocenters. The van der Waals surface area contributed by atoms with Crippen LogP contribution in [0.15, 0.2) is 51.9 Å². The smallest absolute Gasteiger partial charge is 0.282 e. The van der Waals surface area contributed by atoms with Crippen LogP contribution in [0.5, 0.6) is 11.5 Å². The normalized spacial score (nSPS) is 15.3. The number of hydrogen-bond donors (Lipinski definition) is 2. The van der Waals surface area contributed by atoms with Crippen LogP contribution in [-0.2, 0) is 4.79 Å². The van der Waals surface area contributed by atoms with Crippen molar-refractivity contribution in [1.82, 2.24) is 9.97 Å². The van der Waals surface area contributed by atoms with E-state index in [1.165, 1.54) is 18.1 Å². The molecule has 0 saturated carbocycles. The molecule has 4 rings (SSSR count). The van der Waals surface area contributed by atoms with Gasteiger partial charge in [-0.25, -0.2) is 9.98 Å². The number of ether oxygens (including phenoxy) is 1. The van der Waals surface area contributed by atoms with E-state index in [0.29, 0.717) is 39.6 Å². The summed E-state index contributed by atoms with van der Waals surface area (Å²) in [7, 11) is 1.45. The third-order valence-corrected chi connectivity index (χ3v) is 4.60. The van der Waals surface area contributed by atoms with E-state index < -0.39 is 0 Å². The Labute approximate surface area is 165 Å². The lowest BCUT2D eigenvalue weighted by Gasteiger charge is -2.16. The Bertz CT molecular complexity index is 1270. The average molecular weight is 390 g/mol. The number of methoxy groups -OCH3 is 1. The van der Waals surface area contributed by atoms with Crippen LogP contribution in [0.25, 0.3) is 17.0 Å². The number of amides is 1. The lowest BCUT2D eigenvalue weighted by atomic mass is 10.1. The number of hydrogen-bond acceptors (Lipinski definition) is 6. The van der Waals surface area contributed by atoms with E-state index in [1.807, 2.05) is 0 Å². The van der Waals surface area contributed by atoms with E-state index in [4.69, 9.17) is 4.74 Å². The highest BCUT2D eigenvalue weighted by atomic mass is 16.5. The summed E-state index contributed by atoms with van der Waals surface area (Å²) < 4.78 is 5.10. The Morgan fingerprint density at radius 1 is 1.14 bits per heavy atom. The second-order valence-electron chi connectivity index (χ2n) is 6.61. The fraction of sp³-hybridized carbons (Fsp3) is 0.143. The minimum absolute atomic E-state index is 0.0129. The summed E-state index contributed by atoms with van der Waals surface area (Å²) in [6, 6.07) is 9.84. The molecule has 0 saturated heterocycles. The molecule has 0 unspecified atom stereocenters. The molecule has 8 nitrogen and oxygen atoms in total. The fourth-order valence-corrected chi connectivity index (χ4v) is 3.26. The van der Waals surface area contributed by atoms with E-state index in [-0.39, 0.29) is 22.9 Å². The standard InChI is InChI=1S/C21H18N4O4/c1-11-22-16-6-5-14(10-15(16)20(27)23-11)25-12(2)24-17(21(25)28)8-13-4-7-18(26)19(9-13)29-3/h4-10,26H,1-3H3,(H,22,23,27)/b17-8+. The average Bonchev–Trinajstić information content (AvgIpc) is 2.96. The molecule has 2 aromatic carbocycles. The van der Waals surface area contributed by atoms with Gasteiger partial charge >= 0.3 is 0 Å². The predicted molar refractivity (Wildman–Crippen MR) is 110 cm³/mol. The van der Waals surface area contributed by atoms with Gasteiger partial charge in [-0.1, -0.05) is 6.07 Å². The van der Waals surface area contributed by atoms with Crippen LogP contribution in [0.1, 0.15) is 18.3 Å². The minimum Gasteiger partial charge on any atom is -0.504 e. The third kappa shape index (κ3) is 3.25. The molecule has 0 fully saturated rings. The Balaban J connectivity index is 1.73. The molecule has 0 bridgehead atoms. The zero-order valence-corrected chi connectivity index (χ0v) is 16.1. The van der Waals surface area contributed by atoms with Gasteiger partial charge in [0.1, 0.15) is 17.4 Å². The molecule has 1 aliphatic heterocycles. The first-order valence-electron chi connectivity index (χ1n) is 8.86. The number of benzene rings is 2. The van der Waals surface area contributed by atoms with E-state index in [0.717, 1.165) is 0 Å². The molecule has 0 aliphatic carbocycles. The van der Waals surface area contributed by atoms with E-state index in [9.17, 15) is 14.7 Å². The minimum atomic E-state index is -0.314. The van der Waals surface area contributed by atoms with Gasteiger partial charge in [0.05, 0.1) is 23.7 Å². The first-order valence-corrected chi connectivity index (χ1v) is 8.86. The van der Waals surface area contributed by atoms with Crippen molar-refractivity contribution in [1.29, 1.82) is 0 Å². The summed E-state index contributed by atoms with van der Waals surface area (Å²) >= 11 is 0. The number of fused-ring (bicyclic) bond motifs is 1. The molecule has 2 N–H and O–H groups in total. The van der Waals surface area contributed by atoms with Crippen molar-refractivity contribution in [2.75, 3.05) is 12.0 Å². The number of nitrogens with zero attached hydrogens (tertiary/aromatic N) is 3. The molecular weight excluding hydrogens is 372 g/mol. The van der Waals surface area contributed by atoms with Gasteiger partial charge in [-0.15, -0.1) is 0 Å². The number of phenolic OH excluding ortho intramolecular Hbond substituents is 1. The topological polar surface area (TPSA) is 108 Å². The van der Waals surface area contributed by atoms with Crippen LogP contribution in [-0.4, -0.2) is 33.9 Å². The number of aromatic amines is 1. The fourth-order valence-electron chi connectivity index (χ4n) is 3.26. The highest BCUT2D eigenvalue weighted by Crippen LogP contribution is 2.30. The van der Waals surface area contributed by atoms with Gasteiger partial charge in [0.2, 0.25) is 0 Å². The lowest BCUT2D eigenvalue weighted by Crippen LogP contribution is -2.30. The number of nitrogens with one attached hydrogen (secondary N) is 1. The summed E-state index contributed by atoms with van der Waals surface area (Å²) in [5.74, 6) is 1.02. The Morgan fingerprint density at radius 2 is 1.93 bits per heavy atom. The monoisotopic (exact) mass is 390 g/mol. The highest BCUT2D eigenvalue weighted by molar-refractivity contribution is 6.28. The molecular formula is C21H18N4O4. The number of amidine groups is 1. The Kier molecular flexibility index (Phi) is 4.38. The van der Waals surface area contributed by atoms with Gasteiger partial charge in [-0.2, -0.15) is 0 Å². The molecule has 29 heavy (non-hydrogen) atoms. The number of aliphatic imine (C=N–C) groups is 1. The van der Waals surface area contributed by atoms with Gasteiger partial charge in [0.15, 0.2) is 11.5 Å². The largest absolute Gasteiger partial charge is 0.504 e. The summed E-state index contributed by atoms with van der Waals surface area (Å²) in [6.45, 7) is 3.43. The second kappa shape index (κ2) is 6.90. The van der Waals surface area contributed by atoms with Gasteiger partial charge in [0.25, 0.3) is 11.5 Å². The van der Waals surface area contributed by atoms with Crippen molar-refractivity contribution in [2.24, 2.45) is 4.99 Å². The number of anilines is 1. The number of H-pyrrole nitrogens is 1. The molecule has 1 amide bonds. The van der Waals surface area contributed by atoms with Gasteiger partial charge in [-0.05, 0) is 55.8 Å². The van der Waals surface area contributed by atoms with Crippen LogP contribution in [0.3, 0.4) is 0 Å². The molecule has 3 aromatic rings. The highest BCUT2D eigenvalue weighted by Gasteiger charge is 2.29. The quantitative estimate of drug-likeness (QED) is 0.669.